The molecule has 1 aliphatic heterocycles. The molecule has 2 rings (SSSR count). The monoisotopic (exact) mass is 163 g/mol. The first-order valence-corrected chi connectivity index (χ1v) is 4.90. The molecule has 1 aliphatic carbocycles. The van der Waals surface area contributed by atoms with Crippen LogP contribution in [0.4, 0.5) is 0 Å². The van der Waals surface area contributed by atoms with Crippen LogP contribution in [0.25, 0.3) is 0 Å². The molecule has 0 bridgehead atoms. The summed E-state index contributed by atoms with van der Waals surface area (Å²) in [7, 11) is 0. The van der Waals surface area contributed by atoms with E-state index in [-0.39, 0.29) is 0 Å². The van der Waals surface area contributed by atoms with Crippen LogP contribution < -0.4 is 0 Å². The van der Waals surface area contributed by atoms with E-state index < -0.39 is 0 Å². The molecule has 1 heterocycles. The van der Waals surface area contributed by atoms with E-state index in [0.29, 0.717) is 11.3 Å². The normalized spacial score (nSPS) is 32.5. The molecule has 0 fully saturated rings. The second-order valence-corrected chi connectivity index (χ2v) is 4.65. The molecule has 12 heavy (non-hydrogen) atoms. The summed E-state index contributed by atoms with van der Waals surface area (Å²) in [5.41, 5.74) is 1.81. The molecule has 66 valence electrons. The maximum Gasteiger partial charge on any atom is 0.0389 e. The van der Waals surface area contributed by atoms with Crippen LogP contribution in [0.1, 0.15) is 33.1 Å². The summed E-state index contributed by atoms with van der Waals surface area (Å²) in [6.45, 7) is 5.64. The van der Waals surface area contributed by atoms with Crippen LogP contribution in [-0.2, 0) is 0 Å². The van der Waals surface area contributed by atoms with E-state index in [4.69, 9.17) is 0 Å². The van der Waals surface area contributed by atoms with E-state index in [2.05, 4.69) is 31.0 Å². The molecule has 0 N–H and O–H groups in total. The van der Waals surface area contributed by atoms with Gasteiger partial charge in [-0.25, -0.2) is 0 Å². The lowest BCUT2D eigenvalue weighted by molar-refractivity contribution is 0.463. The Morgan fingerprint density at radius 1 is 1.50 bits per heavy atom. The molecule has 1 atom stereocenters. The summed E-state index contributed by atoms with van der Waals surface area (Å²) in [4.78, 5) is 4.61. The third-order valence-electron chi connectivity index (χ3n) is 2.83. The molecular formula is C11H17N. The van der Waals surface area contributed by atoms with Gasteiger partial charge in [-0.15, -0.1) is 0 Å². The summed E-state index contributed by atoms with van der Waals surface area (Å²) >= 11 is 0. The molecule has 0 saturated carbocycles. The van der Waals surface area contributed by atoms with Crippen LogP contribution in [0.3, 0.4) is 0 Å². The number of nitrogens with zero attached hydrogens (tertiary/aromatic N) is 1. The lowest BCUT2D eigenvalue weighted by Crippen LogP contribution is -2.28. The Labute approximate surface area is 74.6 Å². The number of hydrogen-bond acceptors (Lipinski definition) is 1. The van der Waals surface area contributed by atoms with Crippen molar-refractivity contribution in [2.75, 3.05) is 6.54 Å². The summed E-state index contributed by atoms with van der Waals surface area (Å²) in [5.74, 6) is 0.687. The van der Waals surface area contributed by atoms with E-state index in [1.807, 2.05) is 0 Å². The van der Waals surface area contributed by atoms with Crippen LogP contribution in [0.5, 0.6) is 0 Å². The summed E-state index contributed by atoms with van der Waals surface area (Å²) in [6, 6.07) is 0. The minimum Gasteiger partial charge on any atom is -0.293 e. The second kappa shape index (κ2) is 2.72. The smallest absolute Gasteiger partial charge is 0.0389 e. The van der Waals surface area contributed by atoms with Gasteiger partial charge in [-0.3, -0.25) is 4.99 Å². The fraction of sp³-hybridized carbons (Fsp3) is 0.727. The highest BCUT2D eigenvalue weighted by Gasteiger charge is 2.27. The second-order valence-electron chi connectivity index (χ2n) is 4.65. The van der Waals surface area contributed by atoms with Gasteiger partial charge in [0.2, 0.25) is 0 Å². The first-order chi connectivity index (χ1) is 5.67. The third-order valence-corrected chi connectivity index (χ3v) is 2.83. The minimum absolute atomic E-state index is 0.354. The molecule has 0 saturated heterocycles. The van der Waals surface area contributed by atoms with Crippen molar-refractivity contribution in [3.63, 3.8) is 0 Å². The third kappa shape index (κ3) is 1.45. The van der Waals surface area contributed by atoms with Gasteiger partial charge in [-0.05, 0) is 24.7 Å². The van der Waals surface area contributed by atoms with E-state index >= 15 is 0 Å². The Bertz CT molecular complexity index is 235. The number of hydrogen-bond donors (Lipinski definition) is 0. The molecule has 0 spiro atoms. The van der Waals surface area contributed by atoms with Gasteiger partial charge in [0, 0.05) is 18.2 Å². The maximum absolute atomic E-state index is 4.61. The van der Waals surface area contributed by atoms with Gasteiger partial charge in [0.1, 0.15) is 0 Å². The van der Waals surface area contributed by atoms with Crippen molar-refractivity contribution in [3.05, 3.63) is 12.2 Å². The van der Waals surface area contributed by atoms with Crippen molar-refractivity contribution in [1.82, 2.24) is 0 Å². The molecule has 0 radical (unpaired) electrons. The Morgan fingerprint density at radius 2 is 2.33 bits per heavy atom. The van der Waals surface area contributed by atoms with Gasteiger partial charge < -0.3 is 0 Å². The maximum atomic E-state index is 4.61. The molecule has 1 heteroatoms. The van der Waals surface area contributed by atoms with Crippen molar-refractivity contribution >= 4 is 5.71 Å². The zero-order valence-corrected chi connectivity index (χ0v) is 8.01. The van der Waals surface area contributed by atoms with Crippen LogP contribution >= 0.6 is 0 Å². The van der Waals surface area contributed by atoms with Crippen molar-refractivity contribution in [3.8, 4) is 0 Å². The largest absolute Gasteiger partial charge is 0.293 e. The summed E-state index contributed by atoms with van der Waals surface area (Å²) in [5, 5.41) is 0. The topological polar surface area (TPSA) is 12.4 Å². The molecule has 2 aliphatic rings. The number of rotatable bonds is 0. The van der Waals surface area contributed by atoms with Gasteiger partial charge >= 0.3 is 0 Å². The van der Waals surface area contributed by atoms with Gasteiger partial charge in [-0.1, -0.05) is 26.0 Å². The highest BCUT2D eigenvalue weighted by Crippen LogP contribution is 2.33. The van der Waals surface area contributed by atoms with Crippen molar-refractivity contribution < 1.29 is 0 Å². The van der Waals surface area contributed by atoms with Crippen LogP contribution in [0, 0.1) is 11.3 Å². The fourth-order valence-corrected chi connectivity index (χ4v) is 2.11. The van der Waals surface area contributed by atoms with Crippen LogP contribution in [0.15, 0.2) is 17.1 Å². The highest BCUT2D eigenvalue weighted by molar-refractivity contribution is 5.90. The van der Waals surface area contributed by atoms with Crippen molar-refractivity contribution in [1.29, 1.82) is 0 Å². The van der Waals surface area contributed by atoms with E-state index in [1.54, 1.807) is 0 Å². The first-order valence-electron chi connectivity index (χ1n) is 4.90. The molecule has 1 unspecified atom stereocenters. The molecule has 0 aromatic carbocycles. The number of fused-ring (bicyclic) bond motifs is 1. The highest BCUT2D eigenvalue weighted by atomic mass is 14.8. The minimum atomic E-state index is 0.354. The van der Waals surface area contributed by atoms with Gasteiger partial charge in [0.25, 0.3) is 0 Å². The predicted octanol–water partition coefficient (Wildman–Crippen LogP) is 2.82. The summed E-state index contributed by atoms with van der Waals surface area (Å²) in [6.07, 6.45) is 8.50. The Kier molecular flexibility index (Phi) is 1.82. The SMILES string of the molecule is CC1(C)C=CC2CCCN=C2C1. The Balaban J connectivity index is 2.24. The predicted molar refractivity (Wildman–Crippen MR) is 52.6 cm³/mol. The Morgan fingerprint density at radius 3 is 3.17 bits per heavy atom. The van der Waals surface area contributed by atoms with Crippen LogP contribution in [0.2, 0.25) is 0 Å². The average molecular weight is 163 g/mol. The molecular weight excluding hydrogens is 146 g/mol. The van der Waals surface area contributed by atoms with Gasteiger partial charge in [-0.2, -0.15) is 0 Å². The van der Waals surface area contributed by atoms with Gasteiger partial charge in [0.05, 0.1) is 0 Å². The molecule has 0 amide bonds. The average Bonchev–Trinajstić information content (AvgIpc) is 2.02. The zero-order chi connectivity index (χ0) is 8.60. The van der Waals surface area contributed by atoms with Gasteiger partial charge in [0.15, 0.2) is 0 Å². The van der Waals surface area contributed by atoms with E-state index in [1.165, 1.54) is 25.0 Å². The number of allylic oxidation sites excluding steroid dienone is 2. The first kappa shape index (κ1) is 8.03. The lowest BCUT2D eigenvalue weighted by Gasteiger charge is -2.32. The number of aliphatic imine (C=N–C) groups is 1. The van der Waals surface area contributed by atoms with Crippen molar-refractivity contribution in [2.24, 2.45) is 16.3 Å². The lowest BCUT2D eigenvalue weighted by atomic mass is 9.75. The summed E-state index contributed by atoms with van der Waals surface area (Å²) < 4.78 is 0. The van der Waals surface area contributed by atoms with E-state index in [9.17, 15) is 0 Å². The van der Waals surface area contributed by atoms with Crippen molar-refractivity contribution in [2.45, 2.75) is 33.1 Å². The quantitative estimate of drug-likeness (QED) is 0.487. The molecule has 0 aromatic rings. The van der Waals surface area contributed by atoms with Crippen LogP contribution in [-0.4, -0.2) is 12.3 Å². The Hall–Kier alpha value is -0.590. The van der Waals surface area contributed by atoms with E-state index in [0.717, 1.165) is 6.54 Å². The fourth-order valence-electron chi connectivity index (χ4n) is 2.11. The standard InChI is InChI=1S/C11H17N/c1-11(2)6-5-9-4-3-7-12-10(9)8-11/h5-6,9H,3-4,7-8H2,1-2H3. The molecule has 1 nitrogen and oxygen atoms in total. The zero-order valence-electron chi connectivity index (χ0n) is 8.01. The molecule has 0 aromatic heterocycles.